The van der Waals surface area contributed by atoms with E-state index in [1.165, 1.54) is 27.8 Å². The molecule has 29 heavy (non-hydrogen) atoms. The quantitative estimate of drug-likeness (QED) is 0.675. The molecule has 1 saturated carbocycles. The van der Waals surface area contributed by atoms with Gasteiger partial charge in [-0.1, -0.05) is 78.9 Å². The summed E-state index contributed by atoms with van der Waals surface area (Å²) in [4.78, 5) is 11.4. The molecule has 2 atom stereocenters. The van der Waals surface area contributed by atoms with E-state index in [0.29, 0.717) is 12.8 Å². The van der Waals surface area contributed by atoms with Crippen LogP contribution in [0.2, 0.25) is 0 Å². The minimum absolute atomic E-state index is 0. The Morgan fingerprint density at radius 2 is 1.38 bits per heavy atom. The number of aliphatic carboxylic acids is 1. The molecule has 0 bridgehead atoms. The first kappa shape index (κ1) is 20.0. The monoisotopic (exact) mass is 375 g/mol. The van der Waals surface area contributed by atoms with Crippen LogP contribution in [0, 0.1) is 5.92 Å². The van der Waals surface area contributed by atoms with Crippen molar-refractivity contribution >= 4 is 5.97 Å². The molecular formula is C25H22LiNO2. The van der Waals surface area contributed by atoms with Crippen molar-refractivity contribution in [3.63, 3.8) is 0 Å². The third-order valence-electron chi connectivity index (χ3n) is 6.35. The molecule has 0 spiro atoms. The maximum absolute atomic E-state index is 11.4. The Labute approximate surface area is 183 Å². The summed E-state index contributed by atoms with van der Waals surface area (Å²) in [5.74, 6) is -1.29. The van der Waals surface area contributed by atoms with Gasteiger partial charge in [0.2, 0.25) is 0 Å². The van der Waals surface area contributed by atoms with Gasteiger partial charge in [-0.3, -0.25) is 5.32 Å². The summed E-state index contributed by atoms with van der Waals surface area (Å²) < 4.78 is 0. The van der Waals surface area contributed by atoms with Crippen LogP contribution in [-0.4, -0.2) is 12.0 Å². The molecule has 3 aromatic rings. The summed E-state index contributed by atoms with van der Waals surface area (Å²) in [6, 6.07) is 27.7. The van der Waals surface area contributed by atoms with Crippen molar-refractivity contribution in [1.29, 1.82) is 0 Å². The van der Waals surface area contributed by atoms with Gasteiger partial charge in [0, 0.05) is 17.9 Å². The molecular weight excluding hydrogens is 353 g/mol. The number of carbonyl (C=O) groups excluding carboxylic acids is 1. The summed E-state index contributed by atoms with van der Waals surface area (Å²) in [6.45, 7) is 0. The third kappa shape index (κ3) is 3.15. The van der Waals surface area contributed by atoms with Gasteiger partial charge in [-0.25, -0.2) is 0 Å². The summed E-state index contributed by atoms with van der Waals surface area (Å²) in [7, 11) is 0. The molecule has 3 aromatic carbocycles. The van der Waals surface area contributed by atoms with Gasteiger partial charge in [-0.2, -0.15) is 0 Å². The molecule has 0 heterocycles. The van der Waals surface area contributed by atoms with Crippen LogP contribution in [0.25, 0.3) is 11.1 Å². The topological polar surface area (TPSA) is 52.2 Å². The minimum Gasteiger partial charge on any atom is -0.550 e. The van der Waals surface area contributed by atoms with E-state index >= 15 is 0 Å². The van der Waals surface area contributed by atoms with Crippen molar-refractivity contribution in [2.75, 3.05) is 0 Å². The van der Waals surface area contributed by atoms with Crippen molar-refractivity contribution in [1.82, 2.24) is 5.32 Å². The molecule has 1 fully saturated rings. The molecule has 0 saturated heterocycles. The van der Waals surface area contributed by atoms with Crippen LogP contribution in [0.4, 0.5) is 0 Å². The van der Waals surface area contributed by atoms with E-state index in [1.54, 1.807) is 0 Å². The Bertz CT molecular complexity index is 988. The molecule has 140 valence electrons. The Kier molecular flexibility index (Phi) is 5.40. The van der Waals surface area contributed by atoms with Crippen molar-refractivity contribution in [2.24, 2.45) is 5.92 Å². The Morgan fingerprint density at radius 1 is 0.828 bits per heavy atom. The van der Waals surface area contributed by atoms with Crippen LogP contribution in [0.5, 0.6) is 0 Å². The molecule has 2 aliphatic rings. The number of carboxylic acids is 1. The first-order chi connectivity index (χ1) is 13.7. The number of fused-ring (bicyclic) bond motifs is 3. The second-order valence-electron chi connectivity index (χ2n) is 7.88. The Hall–Kier alpha value is -2.31. The molecule has 0 aromatic heterocycles. The zero-order chi connectivity index (χ0) is 19.1. The fourth-order valence-electron chi connectivity index (χ4n) is 5.11. The molecule has 1 N–H and O–H groups in total. The molecule has 5 rings (SSSR count). The fourth-order valence-corrected chi connectivity index (χ4v) is 5.11. The van der Waals surface area contributed by atoms with Gasteiger partial charge in [0.1, 0.15) is 0 Å². The zero-order valence-electron chi connectivity index (χ0n) is 16.6. The standard InChI is InChI=1S/C25H23NO2.Li/c27-24(28)17-14-15-19(16-17)26-25(18-8-2-1-3-9-18)22-12-6-4-10-20(22)21-11-5-7-13-23(21)25;/h1-13,17,19,26H,14-16H2,(H,27,28);/q;+1/p-1/t17-,19-;/m0./s1. The second-order valence-corrected chi connectivity index (χ2v) is 7.88. The average molecular weight is 375 g/mol. The summed E-state index contributed by atoms with van der Waals surface area (Å²) in [5, 5.41) is 15.3. The molecule has 0 unspecified atom stereocenters. The predicted octanol–water partition coefficient (Wildman–Crippen LogP) is 0.471. The Morgan fingerprint density at radius 3 is 1.93 bits per heavy atom. The zero-order valence-corrected chi connectivity index (χ0v) is 16.6. The van der Waals surface area contributed by atoms with Gasteiger partial charge in [-0.05, 0) is 47.1 Å². The number of carboxylic acid groups (broad SMARTS) is 1. The van der Waals surface area contributed by atoms with Gasteiger partial charge in [0.15, 0.2) is 0 Å². The van der Waals surface area contributed by atoms with Crippen molar-refractivity contribution in [3.8, 4) is 11.1 Å². The van der Waals surface area contributed by atoms with Crippen LogP contribution in [0.3, 0.4) is 0 Å². The fraction of sp³-hybridized carbons (Fsp3) is 0.240. The maximum atomic E-state index is 11.4. The van der Waals surface area contributed by atoms with Gasteiger partial charge in [0.25, 0.3) is 0 Å². The van der Waals surface area contributed by atoms with Crippen LogP contribution < -0.4 is 29.3 Å². The molecule has 3 nitrogen and oxygen atoms in total. The van der Waals surface area contributed by atoms with Crippen LogP contribution in [0.15, 0.2) is 78.9 Å². The molecule has 4 heteroatoms. The molecule has 0 radical (unpaired) electrons. The van der Waals surface area contributed by atoms with Crippen LogP contribution >= 0.6 is 0 Å². The van der Waals surface area contributed by atoms with E-state index in [0.717, 1.165) is 6.42 Å². The van der Waals surface area contributed by atoms with Gasteiger partial charge in [0.05, 0.1) is 5.54 Å². The second kappa shape index (κ2) is 7.84. The number of rotatable bonds is 4. The molecule has 0 amide bonds. The van der Waals surface area contributed by atoms with E-state index in [-0.39, 0.29) is 30.8 Å². The first-order valence-electron chi connectivity index (χ1n) is 9.93. The van der Waals surface area contributed by atoms with Crippen LogP contribution in [-0.2, 0) is 10.3 Å². The average Bonchev–Trinajstić information content (AvgIpc) is 3.32. The van der Waals surface area contributed by atoms with E-state index in [4.69, 9.17) is 0 Å². The van der Waals surface area contributed by atoms with Gasteiger partial charge >= 0.3 is 18.9 Å². The normalized spacial score (nSPS) is 21.1. The minimum atomic E-state index is -0.926. The van der Waals surface area contributed by atoms with Crippen molar-refractivity contribution in [2.45, 2.75) is 30.8 Å². The largest absolute Gasteiger partial charge is 1.00 e. The third-order valence-corrected chi connectivity index (χ3v) is 6.35. The van der Waals surface area contributed by atoms with Crippen molar-refractivity contribution < 1.29 is 28.8 Å². The predicted molar refractivity (Wildman–Crippen MR) is 107 cm³/mol. The number of benzene rings is 3. The number of hydrogen-bond donors (Lipinski definition) is 1. The van der Waals surface area contributed by atoms with Gasteiger partial charge in [-0.15, -0.1) is 0 Å². The molecule has 2 aliphatic carbocycles. The number of nitrogens with one attached hydrogen (secondary N) is 1. The summed E-state index contributed by atoms with van der Waals surface area (Å²) >= 11 is 0. The van der Waals surface area contributed by atoms with Crippen molar-refractivity contribution in [3.05, 3.63) is 95.6 Å². The first-order valence-corrected chi connectivity index (χ1v) is 9.93. The van der Waals surface area contributed by atoms with Crippen LogP contribution in [0.1, 0.15) is 36.0 Å². The maximum Gasteiger partial charge on any atom is 1.00 e. The Balaban J connectivity index is 0.00000205. The summed E-state index contributed by atoms with van der Waals surface area (Å²) in [6.07, 6.45) is 2.13. The summed E-state index contributed by atoms with van der Waals surface area (Å²) in [5.41, 5.74) is 5.66. The molecule has 0 aliphatic heterocycles. The van der Waals surface area contributed by atoms with E-state index in [1.807, 2.05) is 6.07 Å². The van der Waals surface area contributed by atoms with E-state index in [2.05, 4.69) is 78.1 Å². The number of hydrogen-bond acceptors (Lipinski definition) is 3. The number of carbonyl (C=O) groups is 1. The van der Waals surface area contributed by atoms with E-state index < -0.39 is 11.5 Å². The van der Waals surface area contributed by atoms with Gasteiger partial charge < -0.3 is 9.90 Å². The van der Waals surface area contributed by atoms with E-state index in [9.17, 15) is 9.90 Å². The SMILES string of the molecule is O=C([O-])[C@H]1CC[C@H](NC2(c3ccccc3)c3ccccc3-c3ccccc32)C1.[Li+]. The smallest absolute Gasteiger partial charge is 0.550 e.